The van der Waals surface area contributed by atoms with Gasteiger partial charge >= 0.3 is 0 Å². The number of aryl methyl sites for hydroxylation is 1. The molecule has 1 N–H and O–H groups in total. The van der Waals surface area contributed by atoms with Gasteiger partial charge in [0.05, 0.1) is 18.0 Å². The smallest absolute Gasteiger partial charge is 0.244 e. The summed E-state index contributed by atoms with van der Waals surface area (Å²) in [5, 5.41) is 3.12. The number of nitrogens with zero attached hydrogens (tertiary/aromatic N) is 1. The van der Waals surface area contributed by atoms with Gasteiger partial charge in [-0.3, -0.25) is 9.10 Å². The van der Waals surface area contributed by atoms with Gasteiger partial charge in [0.1, 0.15) is 6.04 Å². The number of hydrogen-bond donors (Lipinski definition) is 1. The van der Waals surface area contributed by atoms with Gasteiger partial charge in [-0.25, -0.2) is 8.42 Å². The number of para-hydroxylation sites is 1. The van der Waals surface area contributed by atoms with Crippen molar-refractivity contribution in [2.75, 3.05) is 10.6 Å². The molecule has 2 atom stereocenters. The van der Waals surface area contributed by atoms with Crippen LogP contribution >= 0.6 is 0 Å². The molecular weight excluding hydrogens is 408 g/mol. The highest BCUT2D eigenvalue weighted by molar-refractivity contribution is 7.92. The van der Waals surface area contributed by atoms with E-state index in [0.717, 1.165) is 22.9 Å². The van der Waals surface area contributed by atoms with E-state index in [0.29, 0.717) is 12.1 Å². The fourth-order valence-corrected chi connectivity index (χ4v) is 4.98. The van der Waals surface area contributed by atoms with Crippen LogP contribution in [0.15, 0.2) is 84.9 Å². The molecule has 0 fully saturated rings. The van der Waals surface area contributed by atoms with Crippen LogP contribution in [-0.4, -0.2) is 26.6 Å². The Labute approximate surface area is 184 Å². The Balaban J connectivity index is 2.00. The van der Waals surface area contributed by atoms with E-state index in [2.05, 4.69) is 5.32 Å². The fourth-order valence-electron chi connectivity index (χ4n) is 3.77. The molecule has 0 aliphatic carbocycles. The lowest BCUT2D eigenvalue weighted by Gasteiger charge is -2.32. The molecular formula is C25H28N2O3S. The van der Waals surface area contributed by atoms with Gasteiger partial charge in [0.2, 0.25) is 15.9 Å². The zero-order valence-corrected chi connectivity index (χ0v) is 18.8. The standard InChI is InChI=1S/C25H28N2O3S/c1-4-23(27(31(3,29)30)21-16-9-6-10-17-21)25(28)26-24(20-14-7-5-8-15-20)22-18-12-11-13-19(22)2/h5-18,23-24H,4H2,1-3H3,(H,26,28)/t23-,24+/m0/s1. The van der Waals surface area contributed by atoms with Crippen molar-refractivity contribution < 1.29 is 13.2 Å². The number of carbonyl (C=O) groups is 1. The first-order valence-electron chi connectivity index (χ1n) is 10.3. The molecule has 0 aliphatic rings. The van der Waals surface area contributed by atoms with E-state index in [1.54, 1.807) is 24.3 Å². The summed E-state index contributed by atoms with van der Waals surface area (Å²) in [6.07, 6.45) is 1.47. The van der Waals surface area contributed by atoms with E-state index in [9.17, 15) is 13.2 Å². The van der Waals surface area contributed by atoms with Gasteiger partial charge in [-0.05, 0) is 42.2 Å². The maximum Gasteiger partial charge on any atom is 0.244 e. The normalized spacial score (nSPS) is 13.3. The van der Waals surface area contributed by atoms with Crippen LogP contribution in [0.4, 0.5) is 5.69 Å². The fraction of sp³-hybridized carbons (Fsp3) is 0.240. The Bertz CT molecular complexity index is 1120. The molecule has 31 heavy (non-hydrogen) atoms. The molecule has 3 aromatic rings. The highest BCUT2D eigenvalue weighted by Gasteiger charge is 2.33. The summed E-state index contributed by atoms with van der Waals surface area (Å²) in [6, 6.07) is 25.1. The second-order valence-electron chi connectivity index (χ2n) is 7.53. The second kappa shape index (κ2) is 9.79. The summed E-state index contributed by atoms with van der Waals surface area (Å²) in [4.78, 5) is 13.5. The van der Waals surface area contributed by atoms with Crippen molar-refractivity contribution in [3.63, 3.8) is 0 Å². The van der Waals surface area contributed by atoms with Gasteiger partial charge in [-0.2, -0.15) is 0 Å². The summed E-state index contributed by atoms with van der Waals surface area (Å²) in [5.41, 5.74) is 3.43. The Morgan fingerprint density at radius 2 is 1.45 bits per heavy atom. The summed E-state index contributed by atoms with van der Waals surface area (Å²) >= 11 is 0. The van der Waals surface area contributed by atoms with Crippen molar-refractivity contribution in [1.82, 2.24) is 5.32 Å². The van der Waals surface area contributed by atoms with Gasteiger partial charge in [-0.15, -0.1) is 0 Å². The number of nitrogens with one attached hydrogen (secondary N) is 1. The third-order valence-electron chi connectivity index (χ3n) is 5.26. The van der Waals surface area contributed by atoms with Crippen molar-refractivity contribution in [3.05, 3.63) is 102 Å². The third-order valence-corrected chi connectivity index (χ3v) is 6.44. The predicted molar refractivity (Wildman–Crippen MR) is 125 cm³/mol. The van der Waals surface area contributed by atoms with Crippen molar-refractivity contribution in [2.24, 2.45) is 0 Å². The molecule has 0 radical (unpaired) electrons. The van der Waals surface area contributed by atoms with Gasteiger partial charge in [0.25, 0.3) is 0 Å². The van der Waals surface area contributed by atoms with Crippen LogP contribution in [0.5, 0.6) is 0 Å². The van der Waals surface area contributed by atoms with Gasteiger partial charge in [0, 0.05) is 0 Å². The van der Waals surface area contributed by atoms with Gasteiger partial charge in [0.15, 0.2) is 0 Å². The molecule has 0 saturated heterocycles. The molecule has 0 spiro atoms. The van der Waals surface area contributed by atoms with Crippen LogP contribution in [-0.2, 0) is 14.8 Å². The molecule has 162 valence electrons. The highest BCUT2D eigenvalue weighted by atomic mass is 32.2. The van der Waals surface area contributed by atoms with E-state index >= 15 is 0 Å². The molecule has 6 heteroatoms. The summed E-state index contributed by atoms with van der Waals surface area (Å²) in [7, 11) is -3.68. The number of sulfonamides is 1. The Morgan fingerprint density at radius 3 is 2.00 bits per heavy atom. The average molecular weight is 437 g/mol. The molecule has 0 unspecified atom stereocenters. The highest BCUT2D eigenvalue weighted by Crippen LogP contribution is 2.27. The van der Waals surface area contributed by atoms with Crippen LogP contribution < -0.4 is 9.62 Å². The van der Waals surface area contributed by atoms with Crippen LogP contribution in [0, 0.1) is 6.92 Å². The van der Waals surface area contributed by atoms with Crippen LogP contribution in [0.2, 0.25) is 0 Å². The maximum atomic E-state index is 13.5. The molecule has 0 heterocycles. The van der Waals surface area contributed by atoms with E-state index in [4.69, 9.17) is 0 Å². The number of amides is 1. The first kappa shape index (κ1) is 22.6. The topological polar surface area (TPSA) is 66.5 Å². The monoisotopic (exact) mass is 436 g/mol. The minimum Gasteiger partial charge on any atom is -0.343 e. The van der Waals surface area contributed by atoms with E-state index < -0.39 is 16.1 Å². The maximum absolute atomic E-state index is 13.5. The number of rotatable bonds is 8. The number of carbonyl (C=O) groups excluding carboxylic acids is 1. The minimum absolute atomic E-state index is 0.336. The van der Waals surface area contributed by atoms with Crippen LogP contribution in [0.25, 0.3) is 0 Å². The molecule has 3 aromatic carbocycles. The lowest BCUT2D eigenvalue weighted by Crippen LogP contribution is -2.50. The largest absolute Gasteiger partial charge is 0.343 e. The van der Waals surface area contributed by atoms with Crippen molar-refractivity contribution in [2.45, 2.75) is 32.4 Å². The number of benzene rings is 3. The lowest BCUT2D eigenvalue weighted by molar-refractivity contribution is -0.122. The molecule has 5 nitrogen and oxygen atoms in total. The molecule has 0 aromatic heterocycles. The first-order chi connectivity index (χ1) is 14.8. The molecule has 0 saturated carbocycles. The Hall–Kier alpha value is -3.12. The van der Waals surface area contributed by atoms with Crippen LogP contribution in [0.3, 0.4) is 0 Å². The van der Waals surface area contributed by atoms with Crippen molar-refractivity contribution in [3.8, 4) is 0 Å². The number of anilines is 1. The van der Waals surface area contributed by atoms with Crippen molar-refractivity contribution in [1.29, 1.82) is 0 Å². The number of hydrogen-bond acceptors (Lipinski definition) is 3. The predicted octanol–water partition coefficient (Wildman–Crippen LogP) is 4.45. The second-order valence-corrected chi connectivity index (χ2v) is 9.39. The quantitative estimate of drug-likeness (QED) is 0.567. The molecule has 1 amide bonds. The molecule has 0 bridgehead atoms. The average Bonchev–Trinajstić information content (AvgIpc) is 2.76. The zero-order chi connectivity index (χ0) is 22.4. The SMILES string of the molecule is CC[C@@H](C(=O)N[C@H](c1ccccc1)c1ccccc1C)N(c1ccccc1)S(C)(=O)=O. The lowest BCUT2D eigenvalue weighted by atomic mass is 9.94. The molecule has 3 rings (SSSR count). The summed E-state index contributed by atoms with van der Waals surface area (Å²) in [6.45, 7) is 3.82. The summed E-state index contributed by atoms with van der Waals surface area (Å²) < 4.78 is 26.5. The molecule has 0 aliphatic heterocycles. The minimum atomic E-state index is -3.68. The first-order valence-corrected chi connectivity index (χ1v) is 12.1. The van der Waals surface area contributed by atoms with E-state index in [1.807, 2.05) is 74.5 Å². The van der Waals surface area contributed by atoms with Crippen LogP contribution in [0.1, 0.15) is 36.1 Å². The van der Waals surface area contributed by atoms with Gasteiger partial charge < -0.3 is 5.32 Å². The van der Waals surface area contributed by atoms with E-state index in [-0.39, 0.29) is 11.9 Å². The Kier molecular flexibility index (Phi) is 7.13. The van der Waals surface area contributed by atoms with Crippen molar-refractivity contribution >= 4 is 21.6 Å². The zero-order valence-electron chi connectivity index (χ0n) is 18.0. The Morgan fingerprint density at radius 1 is 0.903 bits per heavy atom. The third kappa shape index (κ3) is 5.33. The van der Waals surface area contributed by atoms with Gasteiger partial charge in [-0.1, -0.05) is 79.7 Å². The van der Waals surface area contributed by atoms with E-state index in [1.165, 1.54) is 4.31 Å². The summed E-state index contributed by atoms with van der Waals surface area (Å²) in [5.74, 6) is -0.339.